The molecule has 0 fully saturated rings. The Bertz CT molecular complexity index is 781. The lowest BCUT2D eigenvalue weighted by atomic mass is 10.1. The van der Waals surface area contributed by atoms with Gasteiger partial charge in [0.25, 0.3) is 0 Å². The summed E-state index contributed by atoms with van der Waals surface area (Å²) in [6, 6.07) is 11.6. The third-order valence-electron chi connectivity index (χ3n) is 3.70. The number of benzene rings is 2. The van der Waals surface area contributed by atoms with Crippen LogP contribution in [0.25, 0.3) is 0 Å². The smallest absolute Gasteiger partial charge is 0.487 e. The molecule has 0 aromatic heterocycles. The maximum atomic E-state index is 12.9. The minimum Gasteiger partial charge on any atom is -0.487 e. The molecule has 3 nitrogen and oxygen atoms in total. The Morgan fingerprint density at radius 1 is 0.862 bits per heavy atom. The molecule has 10 heteroatoms. The maximum absolute atomic E-state index is 12.9. The zero-order valence-electron chi connectivity index (χ0n) is 15.0. The van der Waals surface area contributed by atoms with Gasteiger partial charge >= 0.3 is 18.7 Å². The van der Waals surface area contributed by atoms with Crippen LogP contribution in [0.3, 0.4) is 0 Å². The van der Waals surface area contributed by atoms with Gasteiger partial charge in [-0.3, -0.25) is 0 Å². The predicted octanol–water partition coefficient (Wildman–Crippen LogP) is 5.20. The molecule has 0 saturated carbocycles. The normalized spacial score (nSPS) is 12.3. The number of alkyl halides is 7. The summed E-state index contributed by atoms with van der Waals surface area (Å²) in [5.41, 5.74) is 1.29. The van der Waals surface area contributed by atoms with Gasteiger partial charge < -0.3 is 14.8 Å². The lowest BCUT2D eigenvalue weighted by Gasteiger charge is -2.16. The van der Waals surface area contributed by atoms with Crippen LogP contribution in [-0.4, -0.2) is 31.9 Å². The number of rotatable bonds is 10. The van der Waals surface area contributed by atoms with Gasteiger partial charge in [-0.1, -0.05) is 24.3 Å². The summed E-state index contributed by atoms with van der Waals surface area (Å²) >= 11 is 0. The van der Waals surface area contributed by atoms with Crippen LogP contribution in [-0.2, 0) is 13.0 Å². The topological polar surface area (TPSA) is 30.5 Å². The van der Waals surface area contributed by atoms with E-state index in [1.165, 1.54) is 36.4 Å². The minimum absolute atomic E-state index is 0.0293. The van der Waals surface area contributed by atoms with E-state index in [9.17, 15) is 30.7 Å². The fraction of sp³-hybridized carbons (Fsp3) is 0.368. The van der Waals surface area contributed by atoms with Crippen LogP contribution >= 0.6 is 0 Å². The molecule has 0 aliphatic heterocycles. The highest BCUT2D eigenvalue weighted by Gasteiger charge is 2.41. The molecule has 0 aliphatic carbocycles. The summed E-state index contributed by atoms with van der Waals surface area (Å²) < 4.78 is 95.4. The number of hydrogen-bond acceptors (Lipinski definition) is 3. The summed E-state index contributed by atoms with van der Waals surface area (Å²) in [7, 11) is 0. The molecule has 1 N–H and O–H groups in total. The lowest BCUT2D eigenvalue weighted by molar-refractivity contribution is -0.274. The largest absolute Gasteiger partial charge is 0.573 e. The summed E-state index contributed by atoms with van der Waals surface area (Å²) in [6.45, 7) is -0.691. The van der Waals surface area contributed by atoms with Crippen molar-refractivity contribution < 1.29 is 40.2 Å². The number of nitrogens with one attached hydrogen (secondary N) is 1. The summed E-state index contributed by atoms with van der Waals surface area (Å²) in [6.07, 6.45) is -8.15. The van der Waals surface area contributed by atoms with E-state index in [0.717, 1.165) is 0 Å². The van der Waals surface area contributed by atoms with E-state index >= 15 is 0 Å². The molecule has 2 aromatic carbocycles. The quantitative estimate of drug-likeness (QED) is 0.420. The van der Waals surface area contributed by atoms with Crippen molar-refractivity contribution in [2.24, 2.45) is 0 Å². The molecule has 0 atom stereocenters. The highest BCUT2D eigenvalue weighted by Crippen LogP contribution is 2.25. The first-order chi connectivity index (χ1) is 13.5. The first-order valence-corrected chi connectivity index (χ1v) is 8.48. The fourth-order valence-corrected chi connectivity index (χ4v) is 2.35. The van der Waals surface area contributed by atoms with E-state index in [1.807, 2.05) is 0 Å². The van der Waals surface area contributed by atoms with Crippen LogP contribution in [0.1, 0.15) is 11.1 Å². The van der Waals surface area contributed by atoms with Crippen molar-refractivity contribution >= 4 is 0 Å². The minimum atomic E-state index is -4.76. The number of halogens is 7. The zero-order chi connectivity index (χ0) is 21.5. The van der Waals surface area contributed by atoms with Crippen molar-refractivity contribution in [2.45, 2.75) is 31.7 Å². The molecule has 0 unspecified atom stereocenters. The Kier molecular flexibility index (Phi) is 7.72. The van der Waals surface area contributed by atoms with Gasteiger partial charge in [0.1, 0.15) is 11.5 Å². The molecule has 0 bridgehead atoms. The van der Waals surface area contributed by atoms with E-state index in [4.69, 9.17) is 4.74 Å². The van der Waals surface area contributed by atoms with Crippen LogP contribution in [0.4, 0.5) is 30.7 Å². The second kappa shape index (κ2) is 9.82. The van der Waals surface area contributed by atoms with E-state index < -0.39 is 25.3 Å². The Labute approximate surface area is 162 Å². The molecular weight excluding hydrogens is 407 g/mol. The summed E-state index contributed by atoms with van der Waals surface area (Å²) in [5.74, 6) is -4.51. The van der Waals surface area contributed by atoms with Crippen molar-refractivity contribution in [1.82, 2.24) is 5.32 Å². The van der Waals surface area contributed by atoms with E-state index in [2.05, 4.69) is 10.1 Å². The Hall–Kier alpha value is -2.49. The fourth-order valence-electron chi connectivity index (χ4n) is 2.35. The van der Waals surface area contributed by atoms with Crippen LogP contribution < -0.4 is 14.8 Å². The van der Waals surface area contributed by atoms with E-state index in [1.54, 1.807) is 12.1 Å². The molecule has 0 amide bonds. The molecular formula is C19H18F7NO2. The van der Waals surface area contributed by atoms with Gasteiger partial charge in [0.15, 0.2) is 6.61 Å². The SMILES string of the molecule is FC(F)C(F)(F)COc1cccc(CNCCc2cccc(OC(F)(F)F)c2)c1. The van der Waals surface area contributed by atoms with Gasteiger partial charge in [-0.2, -0.15) is 8.78 Å². The second-order valence-electron chi connectivity index (χ2n) is 6.12. The standard InChI is InChI=1S/C19H18F7NO2/c20-17(21)18(22,23)12-28-15-5-2-4-14(10-15)11-27-8-7-13-3-1-6-16(9-13)29-19(24,25)26/h1-6,9-10,17,27H,7-8,11-12H2. The molecule has 0 heterocycles. The van der Waals surface area contributed by atoms with Crippen LogP contribution in [0.15, 0.2) is 48.5 Å². The molecule has 0 spiro atoms. The highest BCUT2D eigenvalue weighted by atomic mass is 19.4. The van der Waals surface area contributed by atoms with Crippen LogP contribution in [0.2, 0.25) is 0 Å². The number of hydrogen-bond donors (Lipinski definition) is 1. The van der Waals surface area contributed by atoms with Crippen molar-refractivity contribution in [3.8, 4) is 11.5 Å². The monoisotopic (exact) mass is 425 g/mol. The molecule has 160 valence electrons. The van der Waals surface area contributed by atoms with Crippen molar-refractivity contribution in [3.05, 3.63) is 59.7 Å². The first kappa shape index (κ1) is 22.8. The van der Waals surface area contributed by atoms with Crippen molar-refractivity contribution in [2.75, 3.05) is 13.2 Å². The van der Waals surface area contributed by atoms with Gasteiger partial charge in [-0.25, -0.2) is 8.78 Å². The van der Waals surface area contributed by atoms with E-state index in [-0.39, 0.29) is 11.5 Å². The molecule has 29 heavy (non-hydrogen) atoms. The first-order valence-electron chi connectivity index (χ1n) is 8.48. The van der Waals surface area contributed by atoms with Crippen molar-refractivity contribution in [1.29, 1.82) is 0 Å². The summed E-state index contributed by atoms with van der Waals surface area (Å²) in [5, 5.41) is 3.05. The van der Waals surface area contributed by atoms with Crippen molar-refractivity contribution in [3.63, 3.8) is 0 Å². The average Bonchev–Trinajstić information content (AvgIpc) is 2.63. The average molecular weight is 425 g/mol. The predicted molar refractivity (Wildman–Crippen MR) is 91.4 cm³/mol. The second-order valence-corrected chi connectivity index (χ2v) is 6.12. The maximum Gasteiger partial charge on any atom is 0.573 e. The Balaban J connectivity index is 1.80. The zero-order valence-corrected chi connectivity index (χ0v) is 15.0. The van der Waals surface area contributed by atoms with E-state index in [0.29, 0.717) is 30.6 Å². The van der Waals surface area contributed by atoms with Gasteiger partial charge in [-0.05, 0) is 48.4 Å². The molecule has 2 aromatic rings. The lowest BCUT2D eigenvalue weighted by Crippen LogP contribution is -2.33. The molecule has 0 radical (unpaired) electrons. The molecule has 0 saturated heterocycles. The van der Waals surface area contributed by atoms with Crippen LogP contribution in [0.5, 0.6) is 11.5 Å². The Morgan fingerprint density at radius 2 is 1.48 bits per heavy atom. The van der Waals surface area contributed by atoms with Gasteiger partial charge in [0.05, 0.1) is 0 Å². The third kappa shape index (κ3) is 8.18. The van der Waals surface area contributed by atoms with Gasteiger partial charge in [-0.15, -0.1) is 13.2 Å². The highest BCUT2D eigenvalue weighted by molar-refractivity contribution is 5.30. The number of ether oxygens (including phenoxy) is 2. The summed E-state index contributed by atoms with van der Waals surface area (Å²) in [4.78, 5) is 0. The van der Waals surface area contributed by atoms with Gasteiger partial charge in [0.2, 0.25) is 0 Å². The Morgan fingerprint density at radius 3 is 2.14 bits per heavy atom. The third-order valence-corrected chi connectivity index (χ3v) is 3.70. The molecule has 0 aliphatic rings. The van der Waals surface area contributed by atoms with Gasteiger partial charge in [0, 0.05) is 6.54 Å². The van der Waals surface area contributed by atoms with Crippen LogP contribution in [0, 0.1) is 0 Å². The molecule has 2 rings (SSSR count).